The summed E-state index contributed by atoms with van der Waals surface area (Å²) >= 11 is 3.22. The molecule has 6 heteroatoms. The van der Waals surface area contributed by atoms with E-state index in [-0.39, 0.29) is 17.9 Å². The maximum Gasteiger partial charge on any atom is 0.267 e. The molecule has 0 aliphatic carbocycles. The molecule has 0 aliphatic rings. The molecule has 0 fully saturated rings. The zero-order chi connectivity index (χ0) is 17.1. The summed E-state index contributed by atoms with van der Waals surface area (Å²) in [4.78, 5) is 12.1. The quantitative estimate of drug-likeness (QED) is 0.681. The van der Waals surface area contributed by atoms with Crippen LogP contribution in [0.3, 0.4) is 0 Å². The number of aromatic nitrogens is 2. The molecule has 0 saturated carbocycles. The smallest absolute Gasteiger partial charge is 0.267 e. The molecule has 0 amide bonds. The number of benzene rings is 2. The molecule has 0 N–H and O–H groups in total. The zero-order valence-corrected chi connectivity index (χ0v) is 14.5. The van der Waals surface area contributed by atoms with Crippen LogP contribution in [-0.4, -0.2) is 16.9 Å². The molecule has 0 atom stereocenters. The molecule has 122 valence electrons. The Balaban J connectivity index is 1.98. The zero-order valence-electron chi connectivity index (χ0n) is 12.9. The van der Waals surface area contributed by atoms with Gasteiger partial charge in [0.1, 0.15) is 11.6 Å². The fraction of sp³-hybridized carbons (Fsp3) is 0.111. The molecule has 1 aromatic heterocycles. The van der Waals surface area contributed by atoms with E-state index < -0.39 is 0 Å². The molecular weight excluding hydrogens is 375 g/mol. The van der Waals surface area contributed by atoms with Crippen LogP contribution in [0.25, 0.3) is 11.3 Å². The minimum Gasteiger partial charge on any atom is -0.497 e. The van der Waals surface area contributed by atoms with E-state index in [1.54, 1.807) is 25.3 Å². The third kappa shape index (κ3) is 3.54. The lowest BCUT2D eigenvalue weighted by atomic mass is 10.1. The standard InChI is InChI=1S/C18H14BrFN2O2/c1-24-15-4-2-3-12(9-15)17-7-8-18(23)22(21-17)11-13-5-6-14(19)10-16(13)20/h2-10H,11H2,1H3. The second kappa shape index (κ2) is 6.97. The number of hydrogen-bond donors (Lipinski definition) is 0. The van der Waals surface area contributed by atoms with Gasteiger partial charge in [0.25, 0.3) is 5.56 Å². The van der Waals surface area contributed by atoms with Gasteiger partial charge in [0.2, 0.25) is 0 Å². The summed E-state index contributed by atoms with van der Waals surface area (Å²) in [6.07, 6.45) is 0. The van der Waals surface area contributed by atoms with Crippen LogP contribution < -0.4 is 10.3 Å². The highest BCUT2D eigenvalue weighted by Gasteiger charge is 2.08. The molecular formula is C18H14BrFN2O2. The highest BCUT2D eigenvalue weighted by Crippen LogP contribution is 2.21. The van der Waals surface area contributed by atoms with Crippen LogP contribution in [0, 0.1) is 5.82 Å². The summed E-state index contributed by atoms with van der Waals surface area (Å²) in [6.45, 7) is 0.0652. The Labute approximate surface area is 146 Å². The highest BCUT2D eigenvalue weighted by molar-refractivity contribution is 9.10. The second-order valence-electron chi connectivity index (χ2n) is 5.18. The van der Waals surface area contributed by atoms with Gasteiger partial charge in [-0.1, -0.05) is 34.1 Å². The third-order valence-corrected chi connectivity index (χ3v) is 4.06. The molecule has 0 aliphatic heterocycles. The summed E-state index contributed by atoms with van der Waals surface area (Å²) in [6, 6.07) is 15.2. The maximum atomic E-state index is 14.0. The van der Waals surface area contributed by atoms with E-state index >= 15 is 0 Å². The largest absolute Gasteiger partial charge is 0.497 e. The van der Waals surface area contributed by atoms with E-state index in [1.165, 1.54) is 16.8 Å². The Morgan fingerprint density at radius 3 is 2.75 bits per heavy atom. The summed E-state index contributed by atoms with van der Waals surface area (Å²) < 4.78 is 21.1. The number of methoxy groups -OCH3 is 1. The fourth-order valence-corrected chi connectivity index (χ4v) is 2.64. The summed E-state index contributed by atoms with van der Waals surface area (Å²) in [5, 5.41) is 4.35. The number of halogens is 2. The lowest BCUT2D eigenvalue weighted by Gasteiger charge is -2.09. The molecule has 24 heavy (non-hydrogen) atoms. The first-order chi connectivity index (χ1) is 11.6. The molecule has 4 nitrogen and oxygen atoms in total. The van der Waals surface area contributed by atoms with Crippen LogP contribution in [0.2, 0.25) is 0 Å². The first kappa shape index (κ1) is 16.4. The Bertz CT molecular complexity index is 940. The van der Waals surface area contributed by atoms with Gasteiger partial charge in [-0.3, -0.25) is 4.79 Å². The summed E-state index contributed by atoms with van der Waals surface area (Å²) in [7, 11) is 1.59. The minimum absolute atomic E-state index is 0.0652. The maximum absolute atomic E-state index is 14.0. The van der Waals surface area contributed by atoms with Gasteiger partial charge in [-0.15, -0.1) is 0 Å². The Hall–Kier alpha value is -2.47. The summed E-state index contributed by atoms with van der Waals surface area (Å²) in [5.74, 6) is 0.316. The van der Waals surface area contributed by atoms with E-state index in [0.717, 1.165) is 5.56 Å². The van der Waals surface area contributed by atoms with Crippen molar-refractivity contribution in [2.45, 2.75) is 6.54 Å². The van der Waals surface area contributed by atoms with Gasteiger partial charge < -0.3 is 4.74 Å². The van der Waals surface area contributed by atoms with Gasteiger partial charge in [0.05, 0.1) is 19.3 Å². The third-order valence-electron chi connectivity index (χ3n) is 3.57. The van der Waals surface area contributed by atoms with Crippen molar-refractivity contribution >= 4 is 15.9 Å². The van der Waals surface area contributed by atoms with E-state index in [0.29, 0.717) is 21.5 Å². The van der Waals surface area contributed by atoms with Gasteiger partial charge in [-0.2, -0.15) is 5.10 Å². The molecule has 0 unspecified atom stereocenters. The van der Waals surface area contributed by atoms with E-state index in [2.05, 4.69) is 21.0 Å². The van der Waals surface area contributed by atoms with Crippen LogP contribution in [0.4, 0.5) is 4.39 Å². The first-order valence-corrected chi connectivity index (χ1v) is 8.02. The first-order valence-electron chi connectivity index (χ1n) is 7.23. The SMILES string of the molecule is COc1cccc(-c2ccc(=O)n(Cc3ccc(Br)cc3F)n2)c1. The predicted octanol–water partition coefficient (Wildman–Crippen LogP) is 3.87. The molecule has 0 saturated heterocycles. The molecule has 0 radical (unpaired) electrons. The topological polar surface area (TPSA) is 44.1 Å². The van der Waals surface area contributed by atoms with Crippen molar-refractivity contribution in [3.63, 3.8) is 0 Å². The van der Waals surface area contributed by atoms with E-state index in [4.69, 9.17) is 4.74 Å². The van der Waals surface area contributed by atoms with Crippen molar-refractivity contribution in [3.05, 3.63) is 80.8 Å². The van der Waals surface area contributed by atoms with Crippen LogP contribution in [0.15, 0.2) is 63.9 Å². The molecule has 0 spiro atoms. The second-order valence-corrected chi connectivity index (χ2v) is 6.10. The van der Waals surface area contributed by atoms with Gasteiger partial charge in [-0.25, -0.2) is 9.07 Å². The number of ether oxygens (including phenoxy) is 1. The molecule has 3 rings (SSSR count). The van der Waals surface area contributed by atoms with Gasteiger partial charge in [-0.05, 0) is 30.3 Å². The number of rotatable bonds is 4. The average Bonchev–Trinajstić information content (AvgIpc) is 2.59. The Kier molecular flexibility index (Phi) is 4.76. The van der Waals surface area contributed by atoms with Crippen molar-refractivity contribution in [1.29, 1.82) is 0 Å². The van der Waals surface area contributed by atoms with E-state index in [1.807, 2.05) is 24.3 Å². The van der Waals surface area contributed by atoms with Crippen molar-refractivity contribution < 1.29 is 9.13 Å². The van der Waals surface area contributed by atoms with Crippen molar-refractivity contribution in [3.8, 4) is 17.0 Å². The van der Waals surface area contributed by atoms with Crippen molar-refractivity contribution in [2.24, 2.45) is 0 Å². The van der Waals surface area contributed by atoms with Gasteiger partial charge in [0, 0.05) is 21.7 Å². The lowest BCUT2D eigenvalue weighted by Crippen LogP contribution is -2.23. The molecule has 2 aromatic carbocycles. The Morgan fingerprint density at radius 2 is 2.00 bits per heavy atom. The molecule has 0 bridgehead atoms. The average molecular weight is 389 g/mol. The molecule has 1 heterocycles. The molecule has 3 aromatic rings. The fourth-order valence-electron chi connectivity index (χ4n) is 2.31. The van der Waals surface area contributed by atoms with E-state index in [9.17, 15) is 9.18 Å². The van der Waals surface area contributed by atoms with Crippen molar-refractivity contribution in [1.82, 2.24) is 9.78 Å². The number of nitrogens with zero attached hydrogens (tertiary/aromatic N) is 2. The van der Waals surface area contributed by atoms with Crippen LogP contribution in [-0.2, 0) is 6.54 Å². The Morgan fingerprint density at radius 1 is 1.17 bits per heavy atom. The minimum atomic E-state index is -0.384. The number of hydrogen-bond acceptors (Lipinski definition) is 3. The predicted molar refractivity (Wildman–Crippen MR) is 93.7 cm³/mol. The highest BCUT2D eigenvalue weighted by atomic mass is 79.9. The van der Waals surface area contributed by atoms with Gasteiger partial charge in [0.15, 0.2) is 0 Å². The van der Waals surface area contributed by atoms with Crippen LogP contribution in [0.1, 0.15) is 5.56 Å². The summed E-state index contributed by atoms with van der Waals surface area (Å²) in [5.41, 5.74) is 1.55. The van der Waals surface area contributed by atoms with Crippen molar-refractivity contribution in [2.75, 3.05) is 7.11 Å². The monoisotopic (exact) mass is 388 g/mol. The lowest BCUT2D eigenvalue weighted by molar-refractivity contribution is 0.415. The van der Waals surface area contributed by atoms with Crippen LogP contribution in [0.5, 0.6) is 5.75 Å². The van der Waals surface area contributed by atoms with Crippen LogP contribution >= 0.6 is 15.9 Å². The normalized spacial score (nSPS) is 10.6. The van der Waals surface area contributed by atoms with Gasteiger partial charge >= 0.3 is 0 Å².